The molecule has 0 aliphatic heterocycles. The number of carbonyl (C=O) groups is 2. The summed E-state index contributed by atoms with van der Waals surface area (Å²) in [5.41, 5.74) is 0. The van der Waals surface area contributed by atoms with Crippen molar-refractivity contribution in [3.8, 4) is 0 Å². The lowest BCUT2D eigenvalue weighted by molar-refractivity contribution is -0.128. The first-order valence-electron chi connectivity index (χ1n) is 3.78. The molecule has 0 rings (SSSR count). The Morgan fingerprint density at radius 3 is 2.36 bits per heavy atom. The number of nitrogens with zero attached hydrogens (tertiary/aromatic N) is 1. The Morgan fingerprint density at radius 1 is 1.55 bits per heavy atom. The summed E-state index contributed by atoms with van der Waals surface area (Å²) >= 11 is 0. The summed E-state index contributed by atoms with van der Waals surface area (Å²) in [6.07, 6.45) is 1.98. The number of Topliss-reactive ketones (excluding diaryl/α,β-unsaturated/α-hetero) is 1. The Labute approximate surface area is 67.4 Å². The number of carbonyl (C=O) groups excluding carboxylic acids is 2. The van der Waals surface area contributed by atoms with Crippen LogP contribution in [0.25, 0.3) is 0 Å². The summed E-state index contributed by atoms with van der Waals surface area (Å²) in [4.78, 5) is 23.2. The largest absolute Gasteiger partial charge is 0.301 e. The molecule has 0 aromatic carbocycles. The Hall–Kier alpha value is -0.700. The average Bonchev–Trinajstić information content (AvgIpc) is 1.88. The van der Waals surface area contributed by atoms with Gasteiger partial charge in [0.2, 0.25) is 0 Å². The summed E-state index contributed by atoms with van der Waals surface area (Å²) in [6.45, 7) is 1.93. The van der Waals surface area contributed by atoms with Crippen LogP contribution in [0, 0.1) is 0 Å². The van der Waals surface area contributed by atoms with Crippen molar-refractivity contribution in [3.05, 3.63) is 0 Å². The number of hydrogen-bond acceptors (Lipinski definition) is 3. The molecule has 1 unspecified atom stereocenters. The van der Waals surface area contributed by atoms with Crippen LogP contribution in [0.15, 0.2) is 0 Å². The average molecular weight is 157 g/mol. The van der Waals surface area contributed by atoms with Gasteiger partial charge in [0.05, 0.1) is 0 Å². The normalized spacial score (nSPS) is 13.1. The highest BCUT2D eigenvalue weighted by molar-refractivity contribution is 5.97. The summed E-state index contributed by atoms with van der Waals surface area (Å²) in [5.74, 6) is 0.00694. The van der Waals surface area contributed by atoms with E-state index in [-0.39, 0.29) is 5.78 Å². The number of ketones is 1. The molecular weight excluding hydrogens is 142 g/mol. The van der Waals surface area contributed by atoms with E-state index in [1.165, 1.54) is 0 Å². The molecular formula is C8H15NO2. The van der Waals surface area contributed by atoms with Gasteiger partial charge in [-0.05, 0) is 20.5 Å². The highest BCUT2D eigenvalue weighted by Gasteiger charge is 2.17. The van der Waals surface area contributed by atoms with E-state index < -0.39 is 6.04 Å². The van der Waals surface area contributed by atoms with Crippen molar-refractivity contribution in [2.24, 2.45) is 0 Å². The maximum Gasteiger partial charge on any atom is 0.157 e. The van der Waals surface area contributed by atoms with E-state index in [0.717, 1.165) is 6.42 Å². The van der Waals surface area contributed by atoms with Gasteiger partial charge in [0.25, 0.3) is 0 Å². The predicted molar refractivity (Wildman–Crippen MR) is 43.5 cm³/mol. The third-order valence-corrected chi connectivity index (χ3v) is 1.51. The van der Waals surface area contributed by atoms with Gasteiger partial charge in [0, 0.05) is 6.42 Å². The molecule has 64 valence electrons. The molecule has 0 aromatic heterocycles. The van der Waals surface area contributed by atoms with Gasteiger partial charge in [0.1, 0.15) is 12.3 Å². The molecule has 0 heterocycles. The molecule has 0 spiro atoms. The maximum absolute atomic E-state index is 11.1. The summed E-state index contributed by atoms with van der Waals surface area (Å²) < 4.78 is 0. The number of hydrogen-bond donors (Lipinski definition) is 0. The van der Waals surface area contributed by atoms with E-state index in [4.69, 9.17) is 0 Å². The number of likely N-dealkylation sites (N-methyl/N-ethyl adjacent to an activating group) is 1. The fraction of sp³-hybridized carbons (Fsp3) is 0.750. The lowest BCUT2D eigenvalue weighted by Crippen LogP contribution is -2.36. The molecule has 0 fully saturated rings. The van der Waals surface area contributed by atoms with E-state index in [9.17, 15) is 9.59 Å². The maximum atomic E-state index is 11.1. The lowest BCUT2D eigenvalue weighted by atomic mass is 10.1. The number of rotatable bonds is 5. The molecule has 3 heteroatoms. The fourth-order valence-electron chi connectivity index (χ4n) is 0.880. The van der Waals surface area contributed by atoms with E-state index in [1.807, 2.05) is 6.92 Å². The van der Waals surface area contributed by atoms with Gasteiger partial charge in [-0.2, -0.15) is 0 Å². The van der Waals surface area contributed by atoms with Crippen LogP contribution < -0.4 is 0 Å². The van der Waals surface area contributed by atoms with Crippen LogP contribution in [0.2, 0.25) is 0 Å². The molecule has 3 nitrogen and oxygen atoms in total. The minimum Gasteiger partial charge on any atom is -0.301 e. The second-order valence-electron chi connectivity index (χ2n) is 2.76. The van der Waals surface area contributed by atoms with Crippen molar-refractivity contribution in [1.29, 1.82) is 0 Å². The van der Waals surface area contributed by atoms with Crippen LogP contribution in [0.3, 0.4) is 0 Å². The van der Waals surface area contributed by atoms with Crippen LogP contribution in [-0.2, 0) is 9.59 Å². The Kier molecular flexibility index (Phi) is 4.70. The molecule has 0 N–H and O–H groups in total. The third kappa shape index (κ3) is 3.28. The lowest BCUT2D eigenvalue weighted by Gasteiger charge is -2.16. The molecule has 1 atom stereocenters. The molecule has 0 saturated carbocycles. The van der Waals surface area contributed by atoms with Gasteiger partial charge >= 0.3 is 0 Å². The van der Waals surface area contributed by atoms with E-state index >= 15 is 0 Å². The third-order valence-electron chi connectivity index (χ3n) is 1.51. The molecule has 0 aromatic rings. The minimum absolute atomic E-state index is 0.00694. The van der Waals surface area contributed by atoms with E-state index in [1.54, 1.807) is 19.0 Å². The SMILES string of the molecule is CCCC(=O)C(C=O)N(C)C. The van der Waals surface area contributed by atoms with Crippen molar-refractivity contribution in [2.45, 2.75) is 25.8 Å². The van der Waals surface area contributed by atoms with Crippen molar-refractivity contribution < 1.29 is 9.59 Å². The Morgan fingerprint density at radius 2 is 2.09 bits per heavy atom. The molecule has 0 aliphatic carbocycles. The quantitative estimate of drug-likeness (QED) is 0.430. The molecule has 0 radical (unpaired) electrons. The summed E-state index contributed by atoms with van der Waals surface area (Å²) in [7, 11) is 3.46. The van der Waals surface area contributed by atoms with Crippen molar-refractivity contribution in [3.63, 3.8) is 0 Å². The van der Waals surface area contributed by atoms with Gasteiger partial charge in [-0.1, -0.05) is 6.92 Å². The van der Waals surface area contributed by atoms with Crippen LogP contribution in [0.5, 0.6) is 0 Å². The van der Waals surface area contributed by atoms with Crippen LogP contribution in [0.4, 0.5) is 0 Å². The molecule has 0 bridgehead atoms. The van der Waals surface area contributed by atoms with Crippen molar-refractivity contribution in [2.75, 3.05) is 14.1 Å². The Bertz CT molecular complexity index is 143. The van der Waals surface area contributed by atoms with Gasteiger partial charge in [0.15, 0.2) is 5.78 Å². The standard InChI is InChI=1S/C8H15NO2/c1-4-5-8(11)7(6-10)9(2)3/h6-7H,4-5H2,1-3H3. The zero-order chi connectivity index (χ0) is 8.85. The predicted octanol–water partition coefficient (Wildman–Crippen LogP) is 0.485. The highest BCUT2D eigenvalue weighted by atomic mass is 16.1. The van der Waals surface area contributed by atoms with Crippen LogP contribution >= 0.6 is 0 Å². The molecule has 11 heavy (non-hydrogen) atoms. The molecule has 0 amide bonds. The van der Waals surface area contributed by atoms with Gasteiger partial charge in [-0.25, -0.2) is 0 Å². The van der Waals surface area contributed by atoms with Crippen molar-refractivity contribution in [1.82, 2.24) is 4.90 Å². The second kappa shape index (κ2) is 5.02. The number of aldehydes is 1. The zero-order valence-electron chi connectivity index (χ0n) is 7.33. The summed E-state index contributed by atoms with van der Waals surface area (Å²) in [5, 5.41) is 0. The fourth-order valence-corrected chi connectivity index (χ4v) is 0.880. The first kappa shape index (κ1) is 10.3. The molecule has 0 saturated heterocycles. The van der Waals surface area contributed by atoms with Gasteiger partial charge in [-0.15, -0.1) is 0 Å². The van der Waals surface area contributed by atoms with E-state index in [2.05, 4.69) is 0 Å². The van der Waals surface area contributed by atoms with Gasteiger partial charge < -0.3 is 4.79 Å². The molecule has 0 aliphatic rings. The van der Waals surface area contributed by atoms with Crippen LogP contribution in [0.1, 0.15) is 19.8 Å². The zero-order valence-corrected chi connectivity index (χ0v) is 7.33. The second-order valence-corrected chi connectivity index (χ2v) is 2.76. The first-order valence-corrected chi connectivity index (χ1v) is 3.78. The van der Waals surface area contributed by atoms with Gasteiger partial charge in [-0.3, -0.25) is 9.69 Å². The first-order chi connectivity index (χ1) is 5.13. The Balaban J connectivity index is 4.03. The smallest absolute Gasteiger partial charge is 0.157 e. The summed E-state index contributed by atoms with van der Waals surface area (Å²) in [6, 6.07) is -0.546. The monoisotopic (exact) mass is 157 g/mol. The minimum atomic E-state index is -0.546. The van der Waals surface area contributed by atoms with E-state index in [0.29, 0.717) is 12.7 Å². The highest BCUT2D eigenvalue weighted by Crippen LogP contribution is 1.98. The topological polar surface area (TPSA) is 37.4 Å². The van der Waals surface area contributed by atoms with Crippen LogP contribution in [-0.4, -0.2) is 37.1 Å². The van der Waals surface area contributed by atoms with Crippen molar-refractivity contribution >= 4 is 12.1 Å².